The van der Waals surface area contributed by atoms with Gasteiger partial charge in [-0.1, -0.05) is 23.4 Å². The first-order chi connectivity index (χ1) is 8.15. The van der Waals surface area contributed by atoms with Crippen molar-refractivity contribution in [2.45, 2.75) is 19.8 Å². The van der Waals surface area contributed by atoms with E-state index in [1.54, 1.807) is 6.07 Å². The van der Waals surface area contributed by atoms with Crippen molar-refractivity contribution in [3.8, 4) is 0 Å². The Morgan fingerprint density at radius 1 is 1.47 bits per heavy atom. The first kappa shape index (κ1) is 13.0. The topological polar surface area (TPSA) is 87.7 Å². The number of carbonyl (C=O) groups is 1. The second-order valence-corrected chi connectivity index (χ2v) is 3.77. The molecule has 5 heteroatoms. The lowest BCUT2D eigenvalue weighted by Gasteiger charge is -2.06. The molecule has 5 nitrogen and oxygen atoms in total. The van der Waals surface area contributed by atoms with Crippen LogP contribution in [0.25, 0.3) is 0 Å². The summed E-state index contributed by atoms with van der Waals surface area (Å²) in [6.07, 6.45) is 1.11. The van der Waals surface area contributed by atoms with Gasteiger partial charge in [-0.2, -0.15) is 0 Å². The Morgan fingerprint density at radius 3 is 2.82 bits per heavy atom. The van der Waals surface area contributed by atoms with Gasteiger partial charge in [-0.25, -0.2) is 0 Å². The molecule has 0 unspecified atom stereocenters. The fraction of sp³-hybridized carbons (Fsp3) is 0.333. The number of amidine groups is 1. The number of oxime groups is 1. The molecule has 1 rings (SSSR count). The van der Waals surface area contributed by atoms with Gasteiger partial charge in [0.1, 0.15) is 5.84 Å². The minimum atomic E-state index is -0.0948. The number of hydrogen-bond acceptors (Lipinski definition) is 3. The van der Waals surface area contributed by atoms with Crippen LogP contribution >= 0.6 is 0 Å². The maximum Gasteiger partial charge on any atom is 0.251 e. The van der Waals surface area contributed by atoms with E-state index in [9.17, 15) is 4.79 Å². The van der Waals surface area contributed by atoms with Crippen LogP contribution in [-0.2, 0) is 0 Å². The van der Waals surface area contributed by atoms with Crippen LogP contribution in [0.2, 0.25) is 0 Å². The Hall–Kier alpha value is -2.04. The fourth-order valence-electron chi connectivity index (χ4n) is 1.44. The predicted octanol–water partition coefficient (Wildman–Crippen LogP) is 1.25. The van der Waals surface area contributed by atoms with E-state index in [1.807, 2.05) is 25.1 Å². The number of nitrogens with two attached hydrogens (primary N) is 1. The third-order valence-electron chi connectivity index (χ3n) is 2.41. The average molecular weight is 235 g/mol. The molecule has 0 fully saturated rings. The Kier molecular flexibility index (Phi) is 5.00. The third-order valence-corrected chi connectivity index (χ3v) is 2.41. The molecule has 0 aliphatic carbocycles. The molecule has 0 aliphatic heterocycles. The lowest BCUT2D eigenvalue weighted by molar-refractivity contribution is 0.0953. The zero-order valence-electron chi connectivity index (χ0n) is 9.81. The van der Waals surface area contributed by atoms with Crippen molar-refractivity contribution >= 4 is 11.7 Å². The highest BCUT2D eigenvalue weighted by Crippen LogP contribution is 2.06. The first-order valence-corrected chi connectivity index (χ1v) is 5.45. The summed E-state index contributed by atoms with van der Waals surface area (Å²) >= 11 is 0. The van der Waals surface area contributed by atoms with Crippen molar-refractivity contribution in [3.63, 3.8) is 0 Å². The Bertz CT molecular complexity index is 416. The van der Waals surface area contributed by atoms with Crippen LogP contribution in [0.5, 0.6) is 0 Å². The Balaban J connectivity index is 2.38. The largest absolute Gasteiger partial charge is 0.409 e. The molecule has 0 heterocycles. The van der Waals surface area contributed by atoms with Gasteiger partial charge >= 0.3 is 0 Å². The van der Waals surface area contributed by atoms with Gasteiger partial charge < -0.3 is 16.3 Å². The summed E-state index contributed by atoms with van der Waals surface area (Å²) in [6, 6.07) is 7.41. The van der Waals surface area contributed by atoms with E-state index < -0.39 is 0 Å². The molecule has 0 spiro atoms. The van der Waals surface area contributed by atoms with Gasteiger partial charge in [-0.15, -0.1) is 0 Å². The molecule has 0 bridgehead atoms. The van der Waals surface area contributed by atoms with Crippen LogP contribution in [0.15, 0.2) is 29.4 Å². The summed E-state index contributed by atoms with van der Waals surface area (Å²) < 4.78 is 0. The van der Waals surface area contributed by atoms with Gasteiger partial charge in [0.25, 0.3) is 5.91 Å². The van der Waals surface area contributed by atoms with Crippen LogP contribution in [-0.4, -0.2) is 23.5 Å². The molecule has 1 aromatic carbocycles. The third kappa shape index (κ3) is 4.14. The lowest BCUT2D eigenvalue weighted by Crippen LogP contribution is -2.26. The molecule has 0 aromatic heterocycles. The maximum atomic E-state index is 11.8. The van der Waals surface area contributed by atoms with Crippen LogP contribution in [0.1, 0.15) is 28.8 Å². The number of aryl methyl sites for hydroxylation is 1. The molecule has 1 aromatic rings. The lowest BCUT2D eigenvalue weighted by atomic mass is 10.1. The molecule has 0 radical (unpaired) electrons. The van der Waals surface area contributed by atoms with Gasteiger partial charge in [0.2, 0.25) is 0 Å². The number of carbonyl (C=O) groups excluding carboxylic acids is 1. The molecular formula is C12H17N3O2. The number of nitrogens with one attached hydrogen (secondary N) is 1. The predicted molar refractivity (Wildman–Crippen MR) is 66.2 cm³/mol. The van der Waals surface area contributed by atoms with Crippen molar-refractivity contribution in [1.82, 2.24) is 5.32 Å². The summed E-state index contributed by atoms with van der Waals surface area (Å²) in [6.45, 7) is 2.40. The molecule has 17 heavy (non-hydrogen) atoms. The Labute approximate surface area is 100 Å². The highest BCUT2D eigenvalue weighted by atomic mass is 16.4. The van der Waals surface area contributed by atoms with E-state index >= 15 is 0 Å². The standard InChI is InChI=1S/C12H17N3O2/c1-9-5-2-3-6-10(9)12(16)14-8-4-7-11(13)15-17/h2-3,5-6,17H,4,7-8H2,1H3,(H2,13,15)(H,14,16). The van der Waals surface area contributed by atoms with E-state index in [-0.39, 0.29) is 11.7 Å². The van der Waals surface area contributed by atoms with E-state index in [0.29, 0.717) is 24.9 Å². The van der Waals surface area contributed by atoms with Crippen LogP contribution in [0, 0.1) is 6.92 Å². The zero-order valence-corrected chi connectivity index (χ0v) is 9.81. The molecule has 0 atom stereocenters. The van der Waals surface area contributed by atoms with Crippen LogP contribution < -0.4 is 11.1 Å². The van der Waals surface area contributed by atoms with Crippen molar-refractivity contribution in [3.05, 3.63) is 35.4 Å². The van der Waals surface area contributed by atoms with Crippen LogP contribution in [0.4, 0.5) is 0 Å². The summed E-state index contributed by atoms with van der Waals surface area (Å²) in [4.78, 5) is 11.8. The number of benzene rings is 1. The van der Waals surface area contributed by atoms with Crippen LogP contribution in [0.3, 0.4) is 0 Å². The highest BCUT2D eigenvalue weighted by Gasteiger charge is 2.06. The summed E-state index contributed by atoms with van der Waals surface area (Å²) in [5.41, 5.74) is 6.94. The van der Waals surface area contributed by atoms with Gasteiger partial charge in [0.15, 0.2) is 0 Å². The maximum absolute atomic E-state index is 11.8. The zero-order chi connectivity index (χ0) is 12.7. The van der Waals surface area contributed by atoms with Gasteiger partial charge in [-0.3, -0.25) is 4.79 Å². The first-order valence-electron chi connectivity index (χ1n) is 5.45. The second-order valence-electron chi connectivity index (χ2n) is 3.77. The van der Waals surface area contributed by atoms with E-state index in [1.165, 1.54) is 0 Å². The Morgan fingerprint density at radius 2 is 2.18 bits per heavy atom. The molecule has 4 N–H and O–H groups in total. The summed E-state index contributed by atoms with van der Waals surface area (Å²) in [7, 11) is 0. The summed E-state index contributed by atoms with van der Waals surface area (Å²) in [5.74, 6) is 0.0812. The van der Waals surface area contributed by atoms with Crippen molar-refractivity contribution in [2.75, 3.05) is 6.54 Å². The second kappa shape index (κ2) is 6.52. The van der Waals surface area contributed by atoms with E-state index in [4.69, 9.17) is 10.9 Å². The van der Waals surface area contributed by atoms with E-state index in [2.05, 4.69) is 10.5 Å². The number of hydrogen-bond donors (Lipinski definition) is 3. The fourth-order valence-corrected chi connectivity index (χ4v) is 1.44. The molecule has 92 valence electrons. The van der Waals surface area contributed by atoms with Gasteiger partial charge in [0, 0.05) is 18.5 Å². The SMILES string of the molecule is Cc1ccccc1C(=O)NCCCC(N)=NO. The summed E-state index contributed by atoms with van der Waals surface area (Å²) in [5, 5.41) is 14.0. The number of nitrogens with zero attached hydrogens (tertiary/aromatic N) is 1. The minimum absolute atomic E-state index is 0.0948. The molecule has 1 amide bonds. The van der Waals surface area contributed by atoms with Crippen molar-refractivity contribution in [1.29, 1.82) is 0 Å². The molecule has 0 saturated heterocycles. The molecule has 0 aliphatic rings. The normalized spacial score (nSPS) is 11.2. The number of amides is 1. The monoisotopic (exact) mass is 235 g/mol. The minimum Gasteiger partial charge on any atom is -0.409 e. The average Bonchev–Trinajstić information content (AvgIpc) is 2.34. The highest BCUT2D eigenvalue weighted by molar-refractivity contribution is 5.95. The molecular weight excluding hydrogens is 218 g/mol. The van der Waals surface area contributed by atoms with Gasteiger partial charge in [-0.05, 0) is 25.0 Å². The van der Waals surface area contributed by atoms with Gasteiger partial charge in [0.05, 0.1) is 0 Å². The quantitative estimate of drug-likeness (QED) is 0.236. The molecule has 0 saturated carbocycles. The van der Waals surface area contributed by atoms with E-state index in [0.717, 1.165) is 5.56 Å². The van der Waals surface area contributed by atoms with Crippen molar-refractivity contribution < 1.29 is 10.0 Å². The van der Waals surface area contributed by atoms with Crippen molar-refractivity contribution in [2.24, 2.45) is 10.9 Å². The smallest absolute Gasteiger partial charge is 0.251 e. The number of rotatable bonds is 5.